The summed E-state index contributed by atoms with van der Waals surface area (Å²) in [6, 6.07) is 0.519. The monoisotopic (exact) mass is 388 g/mol. The molecule has 0 radical (unpaired) electrons. The Morgan fingerprint density at radius 2 is 2.10 bits per heavy atom. The molecule has 2 heterocycles. The Hall–Kier alpha value is -0.470. The first-order valence-corrected chi connectivity index (χ1v) is 8.32. The van der Waals surface area contributed by atoms with Crippen LogP contribution in [0, 0.1) is 3.57 Å². The van der Waals surface area contributed by atoms with Crippen molar-refractivity contribution in [1.82, 2.24) is 14.9 Å². The number of halogens is 1. The number of nitrogens with two attached hydrogens (primary N) is 1. The lowest BCUT2D eigenvalue weighted by atomic mass is 10.2. The summed E-state index contributed by atoms with van der Waals surface area (Å²) in [5.74, 6) is 1.94. The van der Waals surface area contributed by atoms with E-state index < -0.39 is 0 Å². The number of morpholine rings is 1. The quantitative estimate of drug-likeness (QED) is 0.806. The molecule has 1 aromatic rings. The molecule has 3 rings (SSSR count). The number of ether oxygens (including phenoxy) is 1. The normalized spacial score (nSPS) is 24.3. The van der Waals surface area contributed by atoms with Gasteiger partial charge in [0.25, 0.3) is 0 Å². The molecule has 0 bridgehead atoms. The zero-order valence-corrected chi connectivity index (χ0v) is 14.1. The van der Waals surface area contributed by atoms with E-state index in [1.807, 2.05) is 0 Å². The van der Waals surface area contributed by atoms with E-state index in [0.29, 0.717) is 17.8 Å². The van der Waals surface area contributed by atoms with Crippen LogP contribution in [0.2, 0.25) is 0 Å². The molecule has 2 fully saturated rings. The van der Waals surface area contributed by atoms with Gasteiger partial charge in [0.2, 0.25) is 0 Å². The molecule has 0 aromatic carbocycles. The van der Waals surface area contributed by atoms with Gasteiger partial charge in [-0.1, -0.05) is 0 Å². The van der Waals surface area contributed by atoms with Gasteiger partial charge in [-0.05, 0) is 49.3 Å². The first-order valence-electron chi connectivity index (χ1n) is 7.24. The van der Waals surface area contributed by atoms with Gasteiger partial charge in [-0.2, -0.15) is 0 Å². The number of rotatable bonds is 3. The second-order valence-corrected chi connectivity index (χ2v) is 6.97. The Kier molecular flexibility index (Phi) is 4.14. The van der Waals surface area contributed by atoms with Crippen LogP contribution in [0.4, 0.5) is 5.82 Å². The Morgan fingerprint density at radius 3 is 2.75 bits per heavy atom. The molecule has 1 aliphatic carbocycles. The first kappa shape index (κ1) is 14.5. The van der Waals surface area contributed by atoms with Crippen LogP contribution in [0.25, 0.3) is 0 Å². The zero-order chi connectivity index (χ0) is 14.3. The highest BCUT2D eigenvalue weighted by Crippen LogP contribution is 2.42. The van der Waals surface area contributed by atoms with Crippen molar-refractivity contribution in [2.24, 2.45) is 0 Å². The molecular formula is C14H21IN4O. The molecule has 1 atom stereocenters. The summed E-state index contributed by atoms with van der Waals surface area (Å²) in [6.07, 6.45) is 2.38. The number of nitrogens with zero attached hydrogens (tertiary/aromatic N) is 3. The third-order valence-electron chi connectivity index (χ3n) is 4.00. The van der Waals surface area contributed by atoms with Gasteiger partial charge < -0.3 is 10.5 Å². The maximum Gasteiger partial charge on any atom is 0.161 e. The van der Waals surface area contributed by atoms with Gasteiger partial charge in [0, 0.05) is 25.0 Å². The van der Waals surface area contributed by atoms with Crippen molar-refractivity contribution in [3.8, 4) is 0 Å². The largest absolute Gasteiger partial charge is 0.383 e. The molecule has 5 nitrogen and oxygen atoms in total. The molecule has 1 aliphatic heterocycles. The number of aromatic nitrogens is 2. The Balaban J connectivity index is 1.86. The van der Waals surface area contributed by atoms with E-state index in [1.54, 1.807) is 0 Å². The Bertz CT molecular complexity index is 504. The van der Waals surface area contributed by atoms with Gasteiger partial charge >= 0.3 is 0 Å². The van der Waals surface area contributed by atoms with E-state index in [4.69, 9.17) is 15.5 Å². The van der Waals surface area contributed by atoms with Gasteiger partial charge in [-0.3, -0.25) is 4.90 Å². The molecule has 1 aromatic heterocycles. The third kappa shape index (κ3) is 2.92. The van der Waals surface area contributed by atoms with Crippen LogP contribution in [0.15, 0.2) is 0 Å². The molecular weight excluding hydrogens is 367 g/mol. The summed E-state index contributed by atoms with van der Waals surface area (Å²) < 4.78 is 6.89. The average Bonchev–Trinajstić information content (AvgIpc) is 3.26. The van der Waals surface area contributed by atoms with Crippen molar-refractivity contribution in [2.45, 2.75) is 44.8 Å². The van der Waals surface area contributed by atoms with Crippen molar-refractivity contribution < 1.29 is 4.74 Å². The highest BCUT2D eigenvalue weighted by atomic mass is 127. The van der Waals surface area contributed by atoms with E-state index in [9.17, 15) is 0 Å². The Labute approximate surface area is 133 Å². The van der Waals surface area contributed by atoms with Gasteiger partial charge in [-0.15, -0.1) is 0 Å². The molecule has 0 amide bonds. The van der Waals surface area contributed by atoms with E-state index in [0.717, 1.165) is 34.8 Å². The molecule has 1 saturated carbocycles. The zero-order valence-electron chi connectivity index (χ0n) is 12.0. The van der Waals surface area contributed by atoms with Crippen molar-refractivity contribution in [3.05, 3.63) is 15.1 Å². The fraction of sp³-hybridized carbons (Fsp3) is 0.714. The maximum absolute atomic E-state index is 6.06. The van der Waals surface area contributed by atoms with Crippen molar-refractivity contribution >= 4 is 28.4 Å². The van der Waals surface area contributed by atoms with Crippen molar-refractivity contribution in [1.29, 1.82) is 0 Å². The maximum atomic E-state index is 6.06. The van der Waals surface area contributed by atoms with E-state index in [1.165, 1.54) is 12.8 Å². The first-order chi connectivity index (χ1) is 9.56. The van der Waals surface area contributed by atoms with Crippen molar-refractivity contribution in [2.75, 3.05) is 25.4 Å². The Morgan fingerprint density at radius 1 is 1.35 bits per heavy atom. The number of nitrogen functional groups attached to an aromatic ring is 1. The summed E-state index contributed by atoms with van der Waals surface area (Å²) in [6.45, 7) is 6.98. The summed E-state index contributed by atoms with van der Waals surface area (Å²) in [4.78, 5) is 11.6. The van der Waals surface area contributed by atoms with Crippen LogP contribution in [0.1, 0.15) is 50.2 Å². The lowest BCUT2D eigenvalue weighted by Gasteiger charge is -2.34. The number of anilines is 1. The third-order valence-corrected chi connectivity index (χ3v) is 5.11. The predicted molar refractivity (Wildman–Crippen MR) is 86.5 cm³/mol. The summed E-state index contributed by atoms with van der Waals surface area (Å²) >= 11 is 2.26. The van der Waals surface area contributed by atoms with Gasteiger partial charge in [0.05, 0.1) is 15.9 Å². The molecule has 6 heteroatoms. The van der Waals surface area contributed by atoms with Crippen LogP contribution in [0.5, 0.6) is 0 Å². The van der Waals surface area contributed by atoms with Gasteiger partial charge in [-0.25, -0.2) is 9.97 Å². The topological polar surface area (TPSA) is 64.3 Å². The predicted octanol–water partition coefficient (Wildman–Crippen LogP) is 2.32. The lowest BCUT2D eigenvalue weighted by Crippen LogP contribution is -2.42. The fourth-order valence-electron chi connectivity index (χ4n) is 2.57. The summed E-state index contributed by atoms with van der Waals surface area (Å²) in [5.41, 5.74) is 7.18. The molecule has 2 aliphatic rings. The highest BCUT2D eigenvalue weighted by molar-refractivity contribution is 14.1. The smallest absolute Gasteiger partial charge is 0.161 e. The number of hydrogen-bond donors (Lipinski definition) is 1. The van der Waals surface area contributed by atoms with E-state index in [2.05, 4.69) is 46.3 Å². The SMILES string of the molecule is CC(C)N1CCOC(c2nc(N)c(I)c(C3CC3)n2)C1. The van der Waals surface area contributed by atoms with E-state index >= 15 is 0 Å². The minimum atomic E-state index is -0.0528. The minimum Gasteiger partial charge on any atom is -0.383 e. The minimum absolute atomic E-state index is 0.0528. The molecule has 1 unspecified atom stereocenters. The van der Waals surface area contributed by atoms with Crippen LogP contribution in [-0.4, -0.2) is 40.6 Å². The molecule has 110 valence electrons. The molecule has 20 heavy (non-hydrogen) atoms. The van der Waals surface area contributed by atoms with Gasteiger partial charge in [0.1, 0.15) is 11.9 Å². The molecule has 0 spiro atoms. The lowest BCUT2D eigenvalue weighted by molar-refractivity contribution is -0.0443. The second-order valence-electron chi connectivity index (χ2n) is 5.89. The fourth-order valence-corrected chi connectivity index (χ4v) is 3.25. The highest BCUT2D eigenvalue weighted by Gasteiger charge is 2.32. The molecule has 1 saturated heterocycles. The standard InChI is InChI=1S/C14H21IN4O/c1-8(2)19-5-6-20-10(7-19)14-17-12(9-3-4-9)11(15)13(16)18-14/h8-10H,3-7H2,1-2H3,(H2,16,17,18). The number of hydrogen-bond acceptors (Lipinski definition) is 5. The summed E-state index contributed by atoms with van der Waals surface area (Å²) in [7, 11) is 0. The molecule has 2 N–H and O–H groups in total. The van der Waals surface area contributed by atoms with Crippen molar-refractivity contribution in [3.63, 3.8) is 0 Å². The van der Waals surface area contributed by atoms with Gasteiger partial charge in [0.15, 0.2) is 5.82 Å². The average molecular weight is 388 g/mol. The van der Waals surface area contributed by atoms with E-state index in [-0.39, 0.29) is 6.10 Å². The van der Waals surface area contributed by atoms with Crippen LogP contribution in [0.3, 0.4) is 0 Å². The van der Waals surface area contributed by atoms with Crippen LogP contribution >= 0.6 is 22.6 Å². The van der Waals surface area contributed by atoms with Crippen LogP contribution < -0.4 is 5.73 Å². The van der Waals surface area contributed by atoms with Crippen LogP contribution in [-0.2, 0) is 4.74 Å². The summed E-state index contributed by atoms with van der Waals surface area (Å²) in [5, 5.41) is 0. The second kappa shape index (κ2) is 5.73.